The molecule has 1 aromatic rings. The topological polar surface area (TPSA) is 64.2 Å². The van der Waals surface area contributed by atoms with Crippen molar-refractivity contribution >= 4 is 5.91 Å². The Morgan fingerprint density at radius 2 is 2.18 bits per heavy atom. The van der Waals surface area contributed by atoms with Gasteiger partial charge in [-0.3, -0.25) is 9.69 Å². The quantitative estimate of drug-likeness (QED) is 0.831. The second-order valence-electron chi connectivity index (χ2n) is 5.16. The van der Waals surface area contributed by atoms with Crippen LogP contribution in [0.25, 0.3) is 0 Å². The van der Waals surface area contributed by atoms with Gasteiger partial charge in [-0.25, -0.2) is 4.98 Å². The van der Waals surface area contributed by atoms with Crippen molar-refractivity contribution in [1.29, 1.82) is 0 Å². The average molecular weight is 236 g/mol. The van der Waals surface area contributed by atoms with E-state index in [1.807, 2.05) is 30.9 Å². The van der Waals surface area contributed by atoms with E-state index in [0.29, 0.717) is 0 Å². The first-order valence-corrected chi connectivity index (χ1v) is 6.00. The minimum Gasteiger partial charge on any atom is -0.369 e. The molecule has 94 valence electrons. The van der Waals surface area contributed by atoms with Gasteiger partial charge >= 0.3 is 0 Å². The summed E-state index contributed by atoms with van der Waals surface area (Å²) in [6.07, 6.45) is 5.44. The van der Waals surface area contributed by atoms with Crippen LogP contribution in [0.15, 0.2) is 12.4 Å². The van der Waals surface area contributed by atoms with Crippen LogP contribution in [-0.2, 0) is 18.4 Å². The van der Waals surface area contributed by atoms with E-state index in [1.165, 1.54) is 0 Å². The standard InChI is InChI=1S/C12H20N4O/c1-12(11(13)17)3-6-16(7-4-12)9-10-14-5-8-15(10)2/h5,8H,3-4,6-7,9H2,1-2H3,(H2,13,17). The Hall–Kier alpha value is -1.36. The van der Waals surface area contributed by atoms with Crippen LogP contribution in [0.2, 0.25) is 0 Å². The number of nitrogens with two attached hydrogens (primary N) is 1. The molecule has 0 spiro atoms. The lowest BCUT2D eigenvalue weighted by molar-refractivity contribution is -0.129. The molecule has 0 radical (unpaired) electrons. The number of hydrogen-bond acceptors (Lipinski definition) is 3. The van der Waals surface area contributed by atoms with Gasteiger partial charge in [0, 0.05) is 24.9 Å². The van der Waals surface area contributed by atoms with E-state index in [1.54, 1.807) is 0 Å². The van der Waals surface area contributed by atoms with Crippen molar-refractivity contribution in [2.75, 3.05) is 13.1 Å². The highest BCUT2D eigenvalue weighted by Crippen LogP contribution is 2.30. The van der Waals surface area contributed by atoms with Gasteiger partial charge in [0.15, 0.2) is 0 Å². The average Bonchev–Trinajstić information content (AvgIpc) is 2.68. The number of amides is 1. The number of carbonyl (C=O) groups excluding carboxylic acids is 1. The van der Waals surface area contributed by atoms with E-state index < -0.39 is 0 Å². The van der Waals surface area contributed by atoms with Crippen LogP contribution in [0.1, 0.15) is 25.6 Å². The number of carbonyl (C=O) groups is 1. The molecule has 0 aromatic carbocycles. The number of aryl methyl sites for hydroxylation is 1. The minimum atomic E-state index is -0.321. The molecule has 1 aliphatic heterocycles. The Bertz CT molecular complexity index is 404. The van der Waals surface area contributed by atoms with E-state index in [9.17, 15) is 4.79 Å². The highest BCUT2D eigenvalue weighted by atomic mass is 16.1. The molecule has 0 bridgehead atoms. The van der Waals surface area contributed by atoms with Gasteiger partial charge in [0.2, 0.25) is 5.91 Å². The highest BCUT2D eigenvalue weighted by Gasteiger charge is 2.35. The molecule has 0 saturated carbocycles. The van der Waals surface area contributed by atoms with E-state index in [2.05, 4.69) is 9.88 Å². The van der Waals surface area contributed by atoms with E-state index >= 15 is 0 Å². The molecule has 2 rings (SSSR count). The number of nitrogens with zero attached hydrogens (tertiary/aromatic N) is 3. The number of hydrogen-bond donors (Lipinski definition) is 1. The van der Waals surface area contributed by atoms with Gasteiger partial charge < -0.3 is 10.3 Å². The smallest absolute Gasteiger partial charge is 0.223 e. The largest absolute Gasteiger partial charge is 0.369 e. The predicted octanol–water partition coefficient (Wildman–Crippen LogP) is 0.508. The van der Waals surface area contributed by atoms with Crippen molar-refractivity contribution in [3.8, 4) is 0 Å². The summed E-state index contributed by atoms with van der Waals surface area (Å²) in [6, 6.07) is 0. The van der Waals surface area contributed by atoms with Crippen LogP contribution in [0, 0.1) is 5.41 Å². The third kappa shape index (κ3) is 2.49. The van der Waals surface area contributed by atoms with E-state index in [-0.39, 0.29) is 11.3 Å². The first-order chi connectivity index (χ1) is 8.01. The summed E-state index contributed by atoms with van der Waals surface area (Å²) in [5.41, 5.74) is 5.11. The Kier molecular flexibility index (Phi) is 3.19. The summed E-state index contributed by atoms with van der Waals surface area (Å²) >= 11 is 0. The zero-order valence-electron chi connectivity index (χ0n) is 10.5. The van der Waals surface area contributed by atoms with Crippen LogP contribution in [0.4, 0.5) is 0 Å². The van der Waals surface area contributed by atoms with Gasteiger partial charge in [-0.2, -0.15) is 0 Å². The van der Waals surface area contributed by atoms with Crippen LogP contribution >= 0.6 is 0 Å². The molecule has 0 atom stereocenters. The van der Waals surface area contributed by atoms with Crippen molar-refractivity contribution in [2.45, 2.75) is 26.3 Å². The molecule has 1 amide bonds. The summed E-state index contributed by atoms with van der Waals surface area (Å²) in [7, 11) is 2.00. The Morgan fingerprint density at radius 1 is 1.53 bits per heavy atom. The molecule has 1 aliphatic rings. The van der Waals surface area contributed by atoms with Gasteiger partial charge in [0.25, 0.3) is 0 Å². The van der Waals surface area contributed by atoms with E-state index in [4.69, 9.17) is 5.73 Å². The first-order valence-electron chi connectivity index (χ1n) is 6.00. The molecule has 0 aliphatic carbocycles. The number of aromatic nitrogens is 2. The first kappa shape index (κ1) is 12.1. The summed E-state index contributed by atoms with van der Waals surface area (Å²) in [6.45, 7) is 4.63. The van der Waals surface area contributed by atoms with Crippen molar-refractivity contribution in [3.05, 3.63) is 18.2 Å². The van der Waals surface area contributed by atoms with Crippen LogP contribution in [-0.4, -0.2) is 33.4 Å². The number of primary amides is 1. The van der Waals surface area contributed by atoms with Gasteiger partial charge in [0.1, 0.15) is 5.82 Å². The SMILES string of the molecule is Cn1ccnc1CN1CCC(C)(C(N)=O)CC1. The Balaban J connectivity index is 1.92. The van der Waals surface area contributed by atoms with Gasteiger partial charge in [-0.15, -0.1) is 0 Å². The fourth-order valence-electron chi connectivity index (χ4n) is 2.20. The van der Waals surface area contributed by atoms with Gasteiger partial charge in [-0.1, -0.05) is 6.92 Å². The predicted molar refractivity (Wildman–Crippen MR) is 65.0 cm³/mol. The minimum absolute atomic E-state index is 0.172. The Morgan fingerprint density at radius 3 is 2.65 bits per heavy atom. The van der Waals surface area contributed by atoms with Crippen LogP contribution in [0.3, 0.4) is 0 Å². The zero-order chi connectivity index (χ0) is 12.5. The molecule has 1 aromatic heterocycles. The van der Waals surface area contributed by atoms with Crippen LogP contribution < -0.4 is 5.73 Å². The Labute approximate surface area is 102 Å². The molecule has 0 unspecified atom stereocenters. The van der Waals surface area contributed by atoms with Crippen molar-refractivity contribution in [3.63, 3.8) is 0 Å². The summed E-state index contributed by atoms with van der Waals surface area (Å²) in [4.78, 5) is 18.0. The number of rotatable bonds is 3. The normalized spacial score (nSPS) is 20.4. The molecular formula is C12H20N4O. The third-order valence-corrected chi connectivity index (χ3v) is 3.84. The van der Waals surface area contributed by atoms with Gasteiger partial charge in [-0.05, 0) is 25.9 Å². The summed E-state index contributed by atoms with van der Waals surface area (Å²) in [5, 5.41) is 0. The molecule has 2 heterocycles. The lowest BCUT2D eigenvalue weighted by Crippen LogP contribution is -2.45. The van der Waals surface area contributed by atoms with Crippen molar-refractivity contribution < 1.29 is 4.79 Å². The third-order valence-electron chi connectivity index (χ3n) is 3.84. The fourth-order valence-corrected chi connectivity index (χ4v) is 2.20. The second kappa shape index (κ2) is 4.49. The molecule has 2 N–H and O–H groups in total. The fraction of sp³-hybridized carbons (Fsp3) is 0.667. The maximum absolute atomic E-state index is 11.3. The summed E-state index contributed by atoms with van der Waals surface area (Å²) in [5.74, 6) is 0.891. The van der Waals surface area contributed by atoms with Crippen molar-refractivity contribution in [2.24, 2.45) is 18.2 Å². The van der Waals surface area contributed by atoms with Crippen molar-refractivity contribution in [1.82, 2.24) is 14.5 Å². The maximum atomic E-state index is 11.3. The molecular weight excluding hydrogens is 216 g/mol. The monoisotopic (exact) mass is 236 g/mol. The maximum Gasteiger partial charge on any atom is 0.223 e. The van der Waals surface area contributed by atoms with Crippen LogP contribution in [0.5, 0.6) is 0 Å². The molecule has 1 fully saturated rings. The van der Waals surface area contributed by atoms with E-state index in [0.717, 1.165) is 38.3 Å². The number of likely N-dealkylation sites (tertiary alicyclic amines) is 1. The number of imidazole rings is 1. The molecule has 1 saturated heterocycles. The zero-order valence-corrected chi connectivity index (χ0v) is 10.5. The molecule has 17 heavy (non-hydrogen) atoms. The summed E-state index contributed by atoms with van der Waals surface area (Å²) < 4.78 is 2.03. The molecule has 5 nitrogen and oxygen atoms in total. The van der Waals surface area contributed by atoms with Gasteiger partial charge in [0.05, 0.1) is 6.54 Å². The highest BCUT2D eigenvalue weighted by molar-refractivity contribution is 5.80. The lowest BCUT2D eigenvalue weighted by atomic mass is 9.80. The number of piperidine rings is 1. The molecule has 5 heteroatoms. The second-order valence-corrected chi connectivity index (χ2v) is 5.16. The lowest BCUT2D eigenvalue weighted by Gasteiger charge is -2.36.